The van der Waals surface area contributed by atoms with Crippen molar-refractivity contribution in [3.05, 3.63) is 87.3 Å². The molecule has 4 rings (SSSR count). The molecular weight excluding hydrogens is 416 g/mol. The Balaban J connectivity index is 1.87. The average Bonchev–Trinajstić information content (AvgIpc) is 3.06. The number of amides is 1. The van der Waals surface area contributed by atoms with Crippen LogP contribution in [0, 0.1) is 13.8 Å². The first-order valence-corrected chi connectivity index (χ1v) is 11.2. The number of ether oxygens (including phenoxy) is 1. The molecule has 0 N–H and O–H groups in total. The number of aryl methyl sites for hydroxylation is 2. The first-order chi connectivity index (χ1) is 15.8. The highest BCUT2D eigenvalue weighted by atomic mass is 16.5. The van der Waals surface area contributed by atoms with Crippen LogP contribution in [0.3, 0.4) is 0 Å². The molecule has 1 aliphatic heterocycles. The van der Waals surface area contributed by atoms with Gasteiger partial charge in [-0.2, -0.15) is 0 Å². The zero-order chi connectivity index (χ0) is 23.7. The normalized spacial score (nSPS) is 15.4. The van der Waals surface area contributed by atoms with E-state index in [0.717, 1.165) is 29.7 Å². The minimum absolute atomic E-state index is 0.142. The van der Waals surface area contributed by atoms with Gasteiger partial charge in [-0.25, -0.2) is 0 Å². The van der Waals surface area contributed by atoms with Gasteiger partial charge in [-0.15, -0.1) is 0 Å². The van der Waals surface area contributed by atoms with Crippen molar-refractivity contribution in [1.29, 1.82) is 0 Å². The third kappa shape index (κ3) is 4.31. The maximum Gasteiger partial charge on any atom is 0.290 e. The van der Waals surface area contributed by atoms with E-state index in [1.165, 1.54) is 0 Å². The minimum atomic E-state index is -0.524. The maximum absolute atomic E-state index is 13.7. The molecule has 0 unspecified atom stereocenters. The lowest BCUT2D eigenvalue weighted by Crippen LogP contribution is -2.32. The first-order valence-electron chi connectivity index (χ1n) is 11.2. The summed E-state index contributed by atoms with van der Waals surface area (Å²) in [6, 6.07) is 10.7. The van der Waals surface area contributed by atoms with Crippen LogP contribution in [0.1, 0.15) is 45.3 Å². The molecule has 1 amide bonds. The van der Waals surface area contributed by atoms with E-state index in [0.29, 0.717) is 35.4 Å². The Labute approximate surface area is 194 Å². The summed E-state index contributed by atoms with van der Waals surface area (Å²) < 4.78 is 11.8. The van der Waals surface area contributed by atoms with Crippen LogP contribution < -0.4 is 10.2 Å². The Morgan fingerprint density at radius 2 is 1.91 bits per heavy atom. The summed E-state index contributed by atoms with van der Waals surface area (Å²) >= 11 is 0. The topological polar surface area (TPSA) is 63.0 Å². The molecular formula is C27H30N2O4. The van der Waals surface area contributed by atoms with Gasteiger partial charge in [0.1, 0.15) is 17.9 Å². The van der Waals surface area contributed by atoms with Crippen molar-refractivity contribution in [1.82, 2.24) is 9.80 Å². The van der Waals surface area contributed by atoms with E-state index in [4.69, 9.17) is 9.15 Å². The van der Waals surface area contributed by atoms with E-state index < -0.39 is 6.04 Å². The van der Waals surface area contributed by atoms with Crippen molar-refractivity contribution in [2.24, 2.45) is 0 Å². The van der Waals surface area contributed by atoms with Gasteiger partial charge >= 0.3 is 0 Å². The average molecular weight is 447 g/mol. The summed E-state index contributed by atoms with van der Waals surface area (Å²) in [5.41, 5.74) is 3.55. The largest absolute Gasteiger partial charge is 0.490 e. The van der Waals surface area contributed by atoms with Gasteiger partial charge < -0.3 is 19.0 Å². The van der Waals surface area contributed by atoms with Crippen LogP contribution in [0.4, 0.5) is 0 Å². The SMILES string of the molecule is C=CCOc1cccc([C@H]2c3c(oc4cc(C)c(C)cc4c3=O)C(=O)N2CCCN(C)C)c1. The van der Waals surface area contributed by atoms with Crippen molar-refractivity contribution < 1.29 is 13.9 Å². The molecule has 0 fully saturated rings. The molecule has 0 aliphatic carbocycles. The number of benzene rings is 2. The van der Waals surface area contributed by atoms with Crippen LogP contribution in [0.25, 0.3) is 11.0 Å². The zero-order valence-corrected chi connectivity index (χ0v) is 19.7. The van der Waals surface area contributed by atoms with Gasteiger partial charge in [-0.05, 0) is 81.9 Å². The number of carbonyl (C=O) groups is 1. The van der Waals surface area contributed by atoms with Gasteiger partial charge in [0.2, 0.25) is 5.76 Å². The highest BCUT2D eigenvalue weighted by molar-refractivity contribution is 5.99. The summed E-state index contributed by atoms with van der Waals surface area (Å²) in [5, 5.41) is 0.504. The van der Waals surface area contributed by atoms with Crippen LogP contribution >= 0.6 is 0 Å². The molecule has 2 heterocycles. The summed E-state index contributed by atoms with van der Waals surface area (Å²) in [6.07, 6.45) is 2.46. The molecule has 172 valence electrons. The number of rotatable bonds is 8. The summed E-state index contributed by atoms with van der Waals surface area (Å²) in [5.74, 6) is 0.560. The lowest BCUT2D eigenvalue weighted by molar-refractivity contribution is 0.0722. The van der Waals surface area contributed by atoms with Crippen LogP contribution in [-0.4, -0.2) is 49.5 Å². The second-order valence-electron chi connectivity index (χ2n) is 8.84. The van der Waals surface area contributed by atoms with E-state index >= 15 is 0 Å². The van der Waals surface area contributed by atoms with Gasteiger partial charge in [-0.1, -0.05) is 24.8 Å². The van der Waals surface area contributed by atoms with Crippen molar-refractivity contribution >= 4 is 16.9 Å². The number of carbonyl (C=O) groups excluding carboxylic acids is 1. The van der Waals surface area contributed by atoms with Crippen LogP contribution in [0.5, 0.6) is 5.75 Å². The second-order valence-corrected chi connectivity index (χ2v) is 8.84. The van der Waals surface area contributed by atoms with Crippen molar-refractivity contribution in [2.75, 3.05) is 33.8 Å². The van der Waals surface area contributed by atoms with Crippen LogP contribution in [-0.2, 0) is 0 Å². The number of nitrogens with zero attached hydrogens (tertiary/aromatic N) is 2. The highest BCUT2D eigenvalue weighted by Gasteiger charge is 2.42. The zero-order valence-electron chi connectivity index (χ0n) is 19.7. The third-order valence-corrected chi connectivity index (χ3v) is 6.13. The maximum atomic E-state index is 13.7. The fraction of sp³-hybridized carbons (Fsp3) is 0.333. The van der Waals surface area contributed by atoms with Crippen molar-refractivity contribution in [3.63, 3.8) is 0 Å². The Kier molecular flexibility index (Phi) is 6.38. The van der Waals surface area contributed by atoms with Gasteiger partial charge in [-0.3, -0.25) is 9.59 Å². The smallest absolute Gasteiger partial charge is 0.290 e. The van der Waals surface area contributed by atoms with Crippen LogP contribution in [0.2, 0.25) is 0 Å². The van der Waals surface area contributed by atoms with Gasteiger partial charge in [0.15, 0.2) is 5.43 Å². The molecule has 1 atom stereocenters. The first kappa shape index (κ1) is 22.8. The molecule has 6 heteroatoms. The third-order valence-electron chi connectivity index (χ3n) is 6.13. The standard InChI is InChI=1S/C27H30N2O4/c1-6-13-32-20-10-7-9-19(16-20)24-23-25(30)21-14-17(2)18(3)15-22(21)33-26(23)27(31)29(24)12-8-11-28(4)5/h6-7,9-10,14-16,24H,1,8,11-13H2,2-5H3/t24-/m0/s1. The monoisotopic (exact) mass is 446 g/mol. The minimum Gasteiger partial charge on any atom is -0.490 e. The molecule has 0 spiro atoms. The summed E-state index contributed by atoms with van der Waals surface area (Å²) in [7, 11) is 4.00. The van der Waals surface area contributed by atoms with Crippen molar-refractivity contribution in [2.45, 2.75) is 26.3 Å². The quantitative estimate of drug-likeness (QED) is 0.478. The van der Waals surface area contributed by atoms with Gasteiger partial charge in [0, 0.05) is 6.54 Å². The molecule has 1 aliphatic rings. The lowest BCUT2D eigenvalue weighted by atomic mass is 9.97. The molecule has 33 heavy (non-hydrogen) atoms. The Bertz CT molecular complexity index is 1280. The highest BCUT2D eigenvalue weighted by Crippen LogP contribution is 2.39. The fourth-order valence-corrected chi connectivity index (χ4v) is 4.34. The molecule has 3 aromatic rings. The van der Waals surface area contributed by atoms with E-state index in [-0.39, 0.29) is 17.1 Å². The molecule has 1 aromatic heterocycles. The van der Waals surface area contributed by atoms with E-state index in [2.05, 4.69) is 11.5 Å². The van der Waals surface area contributed by atoms with E-state index in [1.807, 2.05) is 64.3 Å². The lowest BCUT2D eigenvalue weighted by Gasteiger charge is -2.26. The molecule has 0 saturated heterocycles. The summed E-state index contributed by atoms with van der Waals surface area (Å²) in [6.45, 7) is 9.35. The van der Waals surface area contributed by atoms with E-state index in [9.17, 15) is 9.59 Å². The van der Waals surface area contributed by atoms with Crippen LogP contribution in [0.15, 0.2) is 58.3 Å². The Morgan fingerprint density at radius 1 is 1.15 bits per heavy atom. The van der Waals surface area contributed by atoms with Crippen molar-refractivity contribution in [3.8, 4) is 5.75 Å². The molecule has 0 bridgehead atoms. The predicted molar refractivity (Wildman–Crippen MR) is 130 cm³/mol. The molecule has 6 nitrogen and oxygen atoms in total. The summed E-state index contributed by atoms with van der Waals surface area (Å²) in [4.78, 5) is 31.0. The van der Waals surface area contributed by atoms with Gasteiger partial charge in [0.05, 0.1) is 17.0 Å². The fourth-order valence-electron chi connectivity index (χ4n) is 4.34. The Hall–Kier alpha value is -3.38. The molecule has 0 saturated carbocycles. The number of hydrogen-bond acceptors (Lipinski definition) is 5. The Morgan fingerprint density at radius 3 is 2.64 bits per heavy atom. The van der Waals surface area contributed by atoms with E-state index in [1.54, 1.807) is 11.0 Å². The molecule has 2 aromatic carbocycles. The van der Waals surface area contributed by atoms with Gasteiger partial charge in [0.25, 0.3) is 5.91 Å². The molecule has 0 radical (unpaired) electrons. The predicted octanol–water partition coefficient (Wildman–Crippen LogP) is 4.47. The second kappa shape index (κ2) is 9.24. The number of fused-ring (bicyclic) bond motifs is 2. The number of hydrogen-bond donors (Lipinski definition) is 0.